The van der Waals surface area contributed by atoms with Crippen molar-refractivity contribution in [1.29, 1.82) is 0 Å². The molecule has 0 aliphatic heterocycles. The molecule has 2 rings (SSSR count). The molecule has 2 aromatic rings. The molecular formula is C14H14F3N5O3. The number of hydrogen-bond acceptors (Lipinski definition) is 6. The van der Waals surface area contributed by atoms with Gasteiger partial charge >= 0.3 is 12.0 Å². The quantitative estimate of drug-likeness (QED) is 0.503. The lowest BCUT2D eigenvalue weighted by molar-refractivity contribution is -0.384. The molecule has 0 aliphatic rings. The summed E-state index contributed by atoms with van der Waals surface area (Å²) in [7, 11) is 1.52. The number of nitrogens with one attached hydrogen (secondary N) is 1. The number of halogens is 3. The number of benzene rings is 1. The molecule has 0 bridgehead atoms. The summed E-state index contributed by atoms with van der Waals surface area (Å²) in [5.41, 5.74) is 3.53. The molecule has 0 spiro atoms. The van der Waals surface area contributed by atoms with Crippen molar-refractivity contribution < 1.29 is 22.8 Å². The molecule has 1 heterocycles. The number of hydrogen-bond donors (Lipinski definition) is 1. The van der Waals surface area contributed by atoms with Gasteiger partial charge in [-0.2, -0.15) is 10.2 Å². The van der Waals surface area contributed by atoms with Crippen LogP contribution < -0.4 is 10.2 Å². The van der Waals surface area contributed by atoms with E-state index < -0.39 is 11.3 Å². The Labute approximate surface area is 140 Å². The van der Waals surface area contributed by atoms with Crippen LogP contribution in [0.25, 0.3) is 0 Å². The Hall–Kier alpha value is -3.11. The maximum Gasteiger partial charge on any atom is 0.573 e. The SMILES string of the molecule is C/C(=N/Nc1c([N+](=O)[O-])c(C)nn1C)c1ccc(OC(F)(F)F)cc1. The Kier molecular flexibility index (Phi) is 4.95. The fourth-order valence-corrected chi connectivity index (χ4v) is 2.09. The summed E-state index contributed by atoms with van der Waals surface area (Å²) in [4.78, 5) is 10.5. The average Bonchev–Trinajstić information content (AvgIpc) is 2.77. The molecule has 0 fully saturated rings. The normalized spacial score (nSPS) is 12.2. The van der Waals surface area contributed by atoms with E-state index in [9.17, 15) is 23.3 Å². The van der Waals surface area contributed by atoms with E-state index in [1.165, 1.54) is 30.8 Å². The summed E-state index contributed by atoms with van der Waals surface area (Å²) in [6, 6.07) is 5.09. The molecule has 25 heavy (non-hydrogen) atoms. The molecule has 0 radical (unpaired) electrons. The highest BCUT2D eigenvalue weighted by molar-refractivity contribution is 5.99. The average molecular weight is 357 g/mol. The minimum atomic E-state index is -4.76. The zero-order valence-corrected chi connectivity index (χ0v) is 13.5. The van der Waals surface area contributed by atoms with Crippen molar-refractivity contribution in [1.82, 2.24) is 9.78 Å². The van der Waals surface area contributed by atoms with Crippen molar-refractivity contribution in [2.75, 3.05) is 5.43 Å². The number of aromatic nitrogens is 2. The summed E-state index contributed by atoms with van der Waals surface area (Å²) in [5, 5.41) is 19.1. The summed E-state index contributed by atoms with van der Waals surface area (Å²) < 4.78 is 41.5. The van der Waals surface area contributed by atoms with E-state index in [4.69, 9.17) is 0 Å². The minimum absolute atomic E-state index is 0.0962. The van der Waals surface area contributed by atoms with Crippen LogP contribution in [-0.2, 0) is 7.05 Å². The fourth-order valence-electron chi connectivity index (χ4n) is 2.09. The van der Waals surface area contributed by atoms with Gasteiger partial charge in [-0.05, 0) is 43.7 Å². The molecule has 11 heteroatoms. The van der Waals surface area contributed by atoms with Gasteiger partial charge in [0.15, 0.2) is 0 Å². The smallest absolute Gasteiger partial charge is 0.406 e. The van der Waals surface area contributed by atoms with Crippen molar-refractivity contribution in [2.24, 2.45) is 12.1 Å². The number of rotatable bonds is 5. The van der Waals surface area contributed by atoms with Crippen LogP contribution in [-0.4, -0.2) is 26.8 Å². The van der Waals surface area contributed by atoms with Gasteiger partial charge in [-0.25, -0.2) is 4.68 Å². The van der Waals surface area contributed by atoms with E-state index in [1.807, 2.05) is 0 Å². The van der Waals surface area contributed by atoms with E-state index in [0.29, 0.717) is 11.3 Å². The number of ether oxygens (including phenoxy) is 1. The van der Waals surface area contributed by atoms with E-state index >= 15 is 0 Å². The monoisotopic (exact) mass is 357 g/mol. The lowest BCUT2D eigenvalue weighted by Crippen LogP contribution is -2.17. The standard InChI is InChI=1S/C14H14F3N5O3/c1-8(10-4-6-11(7-5-10)25-14(15,16)17)18-19-13-12(22(23)24)9(2)20-21(13)3/h4-7,19H,1-3H3/b18-8-. The highest BCUT2D eigenvalue weighted by atomic mass is 19.4. The lowest BCUT2D eigenvalue weighted by Gasteiger charge is -2.09. The molecule has 8 nitrogen and oxygen atoms in total. The zero-order valence-electron chi connectivity index (χ0n) is 13.5. The van der Waals surface area contributed by atoms with E-state index in [1.54, 1.807) is 6.92 Å². The van der Waals surface area contributed by atoms with Crippen LogP contribution >= 0.6 is 0 Å². The van der Waals surface area contributed by atoms with Gasteiger partial charge < -0.3 is 4.74 Å². The van der Waals surface area contributed by atoms with Crippen LogP contribution in [0, 0.1) is 17.0 Å². The summed E-state index contributed by atoms with van der Waals surface area (Å²) >= 11 is 0. The van der Waals surface area contributed by atoms with Gasteiger partial charge in [-0.15, -0.1) is 13.2 Å². The first-order valence-electron chi connectivity index (χ1n) is 6.93. The van der Waals surface area contributed by atoms with Crippen LogP contribution in [0.3, 0.4) is 0 Å². The summed E-state index contributed by atoms with van der Waals surface area (Å²) in [5.74, 6) is -0.256. The highest BCUT2D eigenvalue weighted by Gasteiger charge is 2.31. The second kappa shape index (κ2) is 6.79. The second-order valence-corrected chi connectivity index (χ2v) is 5.04. The van der Waals surface area contributed by atoms with Crippen molar-refractivity contribution in [3.8, 4) is 5.75 Å². The van der Waals surface area contributed by atoms with E-state index in [0.717, 1.165) is 12.1 Å². The van der Waals surface area contributed by atoms with Crippen LogP contribution in [0.5, 0.6) is 5.75 Å². The molecule has 134 valence electrons. The molecular weight excluding hydrogens is 343 g/mol. The van der Waals surface area contributed by atoms with Crippen LogP contribution in [0.15, 0.2) is 29.4 Å². The van der Waals surface area contributed by atoms with Gasteiger partial charge in [0.25, 0.3) is 0 Å². The molecule has 1 aromatic heterocycles. The van der Waals surface area contributed by atoms with Gasteiger partial charge in [0.1, 0.15) is 11.4 Å². The molecule has 1 N–H and O–H groups in total. The van der Waals surface area contributed by atoms with Crippen molar-refractivity contribution >= 4 is 17.2 Å². The van der Waals surface area contributed by atoms with Crippen molar-refractivity contribution in [2.45, 2.75) is 20.2 Å². The number of alkyl halides is 3. The molecule has 0 aliphatic carbocycles. The van der Waals surface area contributed by atoms with Gasteiger partial charge in [0.2, 0.25) is 5.82 Å². The number of hydrazone groups is 1. The molecule has 0 saturated heterocycles. The van der Waals surface area contributed by atoms with Crippen molar-refractivity contribution in [3.05, 3.63) is 45.6 Å². The van der Waals surface area contributed by atoms with E-state index in [2.05, 4.69) is 20.4 Å². The second-order valence-electron chi connectivity index (χ2n) is 5.04. The Balaban J connectivity index is 2.19. The van der Waals surface area contributed by atoms with Crippen LogP contribution in [0.1, 0.15) is 18.2 Å². The highest BCUT2D eigenvalue weighted by Crippen LogP contribution is 2.27. The first kappa shape index (κ1) is 18.2. The summed E-state index contributed by atoms with van der Waals surface area (Å²) in [6.07, 6.45) is -4.76. The Bertz CT molecular complexity index is 812. The number of anilines is 1. The lowest BCUT2D eigenvalue weighted by atomic mass is 10.1. The summed E-state index contributed by atoms with van der Waals surface area (Å²) in [6.45, 7) is 3.10. The number of nitrogens with zero attached hydrogens (tertiary/aromatic N) is 4. The topological polar surface area (TPSA) is 94.6 Å². The van der Waals surface area contributed by atoms with Gasteiger partial charge in [0.05, 0.1) is 10.6 Å². The number of aryl methyl sites for hydroxylation is 2. The number of nitro groups is 1. The maximum atomic E-state index is 12.1. The van der Waals surface area contributed by atoms with Gasteiger partial charge in [0, 0.05) is 7.05 Å². The maximum absolute atomic E-state index is 12.1. The van der Waals surface area contributed by atoms with Crippen LogP contribution in [0.4, 0.5) is 24.7 Å². The first-order valence-corrected chi connectivity index (χ1v) is 6.93. The zero-order chi connectivity index (χ0) is 18.8. The fraction of sp³-hybridized carbons (Fsp3) is 0.286. The van der Waals surface area contributed by atoms with Crippen LogP contribution in [0.2, 0.25) is 0 Å². The third-order valence-electron chi connectivity index (χ3n) is 3.21. The van der Waals surface area contributed by atoms with E-state index in [-0.39, 0.29) is 22.9 Å². The third kappa shape index (κ3) is 4.46. The minimum Gasteiger partial charge on any atom is -0.406 e. The van der Waals surface area contributed by atoms with Gasteiger partial charge in [-0.3, -0.25) is 15.5 Å². The first-order chi connectivity index (χ1) is 11.6. The Morgan fingerprint density at radius 2 is 1.96 bits per heavy atom. The van der Waals surface area contributed by atoms with Gasteiger partial charge in [-0.1, -0.05) is 0 Å². The van der Waals surface area contributed by atoms with Crippen molar-refractivity contribution in [3.63, 3.8) is 0 Å². The Morgan fingerprint density at radius 3 is 2.48 bits per heavy atom. The molecule has 0 atom stereocenters. The third-order valence-corrected chi connectivity index (χ3v) is 3.21. The molecule has 0 saturated carbocycles. The molecule has 0 amide bonds. The predicted molar refractivity (Wildman–Crippen MR) is 83.6 cm³/mol. The molecule has 0 unspecified atom stereocenters. The predicted octanol–water partition coefficient (Wildman–Crippen LogP) is 3.37. The largest absolute Gasteiger partial charge is 0.573 e. The Morgan fingerprint density at radius 1 is 1.36 bits per heavy atom. The molecule has 1 aromatic carbocycles.